The van der Waals surface area contributed by atoms with Crippen molar-refractivity contribution in [1.82, 2.24) is 14.9 Å². The van der Waals surface area contributed by atoms with Crippen LogP contribution in [-0.4, -0.2) is 52.7 Å². The maximum Gasteiger partial charge on any atom is 0.410 e. The number of nitroso groups, excluding NO2 is 1. The predicted molar refractivity (Wildman–Crippen MR) is 86.7 cm³/mol. The number of nitrogen functional groups attached to an aromatic ring is 1. The summed E-state index contributed by atoms with van der Waals surface area (Å²) < 4.78 is 5.36. The van der Waals surface area contributed by atoms with Crippen LogP contribution in [0, 0.1) is 11.8 Å². The Balaban J connectivity index is 2.02. The number of carbonyl (C=O) groups is 1. The molecule has 126 valence electrons. The number of rotatable bonds is 2. The molecule has 1 amide bonds. The van der Waals surface area contributed by atoms with Crippen molar-refractivity contribution in [3.63, 3.8) is 0 Å². The van der Waals surface area contributed by atoms with Crippen LogP contribution >= 0.6 is 0 Å². The van der Waals surface area contributed by atoms with Gasteiger partial charge in [-0.1, -0.05) is 0 Å². The molecule has 9 nitrogen and oxygen atoms in total. The molecule has 1 saturated heterocycles. The lowest BCUT2D eigenvalue weighted by atomic mass is 10.2. The Morgan fingerprint density at radius 2 is 1.83 bits per heavy atom. The largest absolute Gasteiger partial charge is 0.444 e. The molecule has 23 heavy (non-hydrogen) atoms. The van der Waals surface area contributed by atoms with Gasteiger partial charge in [-0.25, -0.2) is 9.78 Å². The fourth-order valence-electron chi connectivity index (χ4n) is 2.24. The van der Waals surface area contributed by atoms with Gasteiger partial charge in [-0.15, -0.1) is 4.91 Å². The van der Waals surface area contributed by atoms with Crippen LogP contribution in [0.15, 0.2) is 5.18 Å². The third kappa shape index (κ3) is 4.05. The quantitative estimate of drug-likeness (QED) is 0.826. The number of carbonyl (C=O) groups excluding carboxylic acids is 1. The van der Waals surface area contributed by atoms with E-state index in [1.807, 2.05) is 25.7 Å². The lowest BCUT2D eigenvalue weighted by molar-refractivity contribution is 0.0240. The second-order valence-corrected chi connectivity index (χ2v) is 6.39. The zero-order chi connectivity index (χ0) is 17.2. The summed E-state index contributed by atoms with van der Waals surface area (Å²) in [5, 5.41) is 2.84. The molecule has 0 radical (unpaired) electrons. The monoisotopic (exact) mass is 322 g/mol. The predicted octanol–water partition coefficient (Wildman–Crippen LogP) is 1.82. The molecule has 1 aliphatic heterocycles. The van der Waals surface area contributed by atoms with Gasteiger partial charge in [0.1, 0.15) is 5.60 Å². The van der Waals surface area contributed by atoms with Crippen molar-refractivity contribution in [3.05, 3.63) is 10.6 Å². The lowest BCUT2D eigenvalue weighted by Crippen LogP contribution is -2.50. The highest BCUT2D eigenvalue weighted by Crippen LogP contribution is 2.26. The van der Waals surface area contributed by atoms with Gasteiger partial charge >= 0.3 is 6.09 Å². The first-order valence-corrected chi connectivity index (χ1v) is 7.41. The van der Waals surface area contributed by atoms with E-state index in [0.29, 0.717) is 37.8 Å². The fourth-order valence-corrected chi connectivity index (χ4v) is 2.24. The summed E-state index contributed by atoms with van der Waals surface area (Å²) in [6, 6.07) is 0. The van der Waals surface area contributed by atoms with Crippen molar-refractivity contribution in [2.45, 2.75) is 33.3 Å². The summed E-state index contributed by atoms with van der Waals surface area (Å²) in [6.07, 6.45) is -0.325. The molecule has 1 aromatic rings. The summed E-state index contributed by atoms with van der Waals surface area (Å²) in [4.78, 5) is 34.7. The van der Waals surface area contributed by atoms with Gasteiger partial charge in [-0.05, 0) is 32.9 Å². The molecule has 0 bridgehead atoms. The number of hydrogen-bond acceptors (Lipinski definition) is 8. The third-order valence-electron chi connectivity index (χ3n) is 3.38. The van der Waals surface area contributed by atoms with Gasteiger partial charge in [0.25, 0.3) is 0 Å². The van der Waals surface area contributed by atoms with Gasteiger partial charge in [0.15, 0.2) is 11.5 Å². The Bertz CT molecular complexity index is 582. The number of amides is 1. The van der Waals surface area contributed by atoms with Crippen LogP contribution in [0.25, 0.3) is 0 Å². The van der Waals surface area contributed by atoms with E-state index in [4.69, 9.17) is 10.5 Å². The standard InChI is InChI=1S/C14H22N6O3/c1-9-10(18-22)11(15)17-12(16-9)19-5-7-20(8-6-19)13(21)23-14(2,3)4/h5-8H2,1-4H3,(H2,15,16,17). The second-order valence-electron chi connectivity index (χ2n) is 6.39. The smallest absolute Gasteiger partial charge is 0.410 e. The van der Waals surface area contributed by atoms with E-state index in [1.54, 1.807) is 11.8 Å². The number of aromatic nitrogens is 2. The molecule has 0 aromatic carbocycles. The third-order valence-corrected chi connectivity index (χ3v) is 3.38. The van der Waals surface area contributed by atoms with Gasteiger partial charge < -0.3 is 20.3 Å². The maximum atomic E-state index is 12.0. The van der Waals surface area contributed by atoms with Gasteiger partial charge in [-0.2, -0.15) is 4.98 Å². The van der Waals surface area contributed by atoms with Gasteiger partial charge in [0.05, 0.1) is 5.69 Å². The first-order chi connectivity index (χ1) is 10.7. The lowest BCUT2D eigenvalue weighted by Gasteiger charge is -2.35. The minimum atomic E-state index is -0.513. The molecule has 0 saturated carbocycles. The summed E-state index contributed by atoms with van der Waals surface area (Å²) in [5.41, 5.74) is 5.73. The van der Waals surface area contributed by atoms with Crippen molar-refractivity contribution in [1.29, 1.82) is 0 Å². The van der Waals surface area contributed by atoms with Gasteiger partial charge in [0.2, 0.25) is 5.95 Å². The Morgan fingerprint density at radius 3 is 2.30 bits per heavy atom. The van der Waals surface area contributed by atoms with E-state index in [0.717, 1.165) is 0 Å². The molecule has 0 spiro atoms. The molecule has 0 unspecified atom stereocenters. The SMILES string of the molecule is Cc1nc(N2CCN(C(=O)OC(C)(C)C)CC2)nc(N)c1N=O. The molecule has 0 aliphatic carbocycles. The summed E-state index contributed by atoms with van der Waals surface area (Å²) in [5.74, 6) is 0.508. The van der Waals surface area contributed by atoms with Crippen LogP contribution in [0.2, 0.25) is 0 Å². The Hall–Kier alpha value is -2.45. The van der Waals surface area contributed by atoms with Crippen LogP contribution in [0.3, 0.4) is 0 Å². The highest BCUT2D eigenvalue weighted by atomic mass is 16.6. The molecule has 2 rings (SSSR count). The average Bonchev–Trinajstić information content (AvgIpc) is 2.45. The van der Waals surface area contributed by atoms with Crippen molar-refractivity contribution >= 4 is 23.5 Å². The molecular weight excluding hydrogens is 300 g/mol. The van der Waals surface area contributed by atoms with Crippen molar-refractivity contribution in [2.24, 2.45) is 5.18 Å². The molecule has 9 heteroatoms. The zero-order valence-corrected chi connectivity index (χ0v) is 13.9. The molecule has 2 heterocycles. The highest BCUT2D eigenvalue weighted by Gasteiger charge is 2.27. The topological polar surface area (TPSA) is 114 Å². The second kappa shape index (κ2) is 6.35. The normalized spacial score (nSPS) is 15.5. The van der Waals surface area contributed by atoms with Crippen molar-refractivity contribution in [3.8, 4) is 0 Å². The molecule has 0 atom stereocenters. The number of hydrogen-bond donors (Lipinski definition) is 1. The van der Waals surface area contributed by atoms with Gasteiger partial charge in [0, 0.05) is 26.2 Å². The summed E-state index contributed by atoms with van der Waals surface area (Å²) in [7, 11) is 0. The van der Waals surface area contributed by atoms with E-state index in [-0.39, 0.29) is 17.6 Å². The van der Waals surface area contributed by atoms with E-state index in [1.165, 1.54) is 0 Å². The number of ether oxygens (including phenoxy) is 1. The number of anilines is 2. The molecular formula is C14H22N6O3. The molecule has 1 aromatic heterocycles. The Kier molecular flexibility index (Phi) is 4.67. The maximum absolute atomic E-state index is 12.0. The summed E-state index contributed by atoms with van der Waals surface area (Å²) in [6.45, 7) is 9.30. The minimum absolute atomic E-state index is 0.0667. The van der Waals surface area contributed by atoms with E-state index < -0.39 is 5.60 Å². The Morgan fingerprint density at radius 1 is 1.22 bits per heavy atom. The van der Waals surface area contributed by atoms with E-state index in [9.17, 15) is 9.70 Å². The van der Waals surface area contributed by atoms with Crippen LogP contribution in [0.5, 0.6) is 0 Å². The molecule has 2 N–H and O–H groups in total. The van der Waals surface area contributed by atoms with Gasteiger partial charge in [-0.3, -0.25) is 0 Å². The van der Waals surface area contributed by atoms with Crippen molar-refractivity contribution in [2.75, 3.05) is 36.8 Å². The van der Waals surface area contributed by atoms with Crippen LogP contribution in [0.4, 0.5) is 22.2 Å². The molecule has 1 aliphatic rings. The highest BCUT2D eigenvalue weighted by molar-refractivity contribution is 5.68. The van der Waals surface area contributed by atoms with Crippen LogP contribution in [0.1, 0.15) is 26.5 Å². The fraction of sp³-hybridized carbons (Fsp3) is 0.643. The number of nitrogens with two attached hydrogens (primary N) is 1. The van der Waals surface area contributed by atoms with Crippen LogP contribution in [-0.2, 0) is 4.74 Å². The minimum Gasteiger partial charge on any atom is -0.444 e. The first kappa shape index (κ1) is 16.9. The number of nitrogens with zero attached hydrogens (tertiary/aromatic N) is 5. The number of aryl methyl sites for hydroxylation is 1. The van der Waals surface area contributed by atoms with Crippen LogP contribution < -0.4 is 10.6 Å². The summed E-state index contributed by atoms with van der Waals surface area (Å²) >= 11 is 0. The van der Waals surface area contributed by atoms with E-state index >= 15 is 0 Å². The Labute approximate surface area is 134 Å². The first-order valence-electron chi connectivity index (χ1n) is 7.41. The molecule has 1 fully saturated rings. The van der Waals surface area contributed by atoms with E-state index in [2.05, 4.69) is 15.1 Å². The zero-order valence-electron chi connectivity index (χ0n) is 13.9. The van der Waals surface area contributed by atoms with Crippen molar-refractivity contribution < 1.29 is 9.53 Å². The number of piperazine rings is 1. The average molecular weight is 322 g/mol.